The zero-order chi connectivity index (χ0) is 11.6. The molecule has 84 valence electrons. The van der Waals surface area contributed by atoms with Crippen molar-refractivity contribution in [3.05, 3.63) is 27.7 Å². The minimum Gasteiger partial charge on any atom is -0.377 e. The van der Waals surface area contributed by atoms with Crippen molar-refractivity contribution < 1.29 is 0 Å². The van der Waals surface area contributed by atoms with Crippen molar-refractivity contribution in [2.24, 2.45) is 5.73 Å². The molecule has 1 aromatic rings. The Labute approximate surface area is 101 Å². The summed E-state index contributed by atoms with van der Waals surface area (Å²) < 4.78 is 1.13. The number of hydrogen-bond acceptors (Lipinski definition) is 2. The fourth-order valence-electron chi connectivity index (χ4n) is 1.62. The van der Waals surface area contributed by atoms with E-state index < -0.39 is 0 Å². The van der Waals surface area contributed by atoms with E-state index in [9.17, 15) is 0 Å². The van der Waals surface area contributed by atoms with Gasteiger partial charge < -0.3 is 10.6 Å². The molecule has 3 heteroatoms. The topological polar surface area (TPSA) is 29.3 Å². The molecule has 1 rings (SSSR count). The van der Waals surface area contributed by atoms with E-state index in [0.29, 0.717) is 0 Å². The fraction of sp³-hybridized carbons (Fsp3) is 0.500. The van der Waals surface area contributed by atoms with E-state index in [-0.39, 0.29) is 6.04 Å². The molecule has 2 N–H and O–H groups in total. The first kappa shape index (κ1) is 12.5. The maximum absolute atomic E-state index is 5.82. The summed E-state index contributed by atoms with van der Waals surface area (Å²) in [7, 11) is 4.09. The molecule has 0 aliphatic carbocycles. The Hall–Kier alpha value is -0.540. The van der Waals surface area contributed by atoms with Gasteiger partial charge in [-0.2, -0.15) is 0 Å². The average molecular weight is 271 g/mol. The summed E-state index contributed by atoms with van der Waals surface area (Å²) in [6, 6.07) is 4.58. The Balaban J connectivity index is 3.08. The Morgan fingerprint density at radius 3 is 2.47 bits per heavy atom. The molecule has 1 unspecified atom stereocenters. The predicted molar refractivity (Wildman–Crippen MR) is 70.6 cm³/mol. The first-order chi connectivity index (χ1) is 6.91. The lowest BCUT2D eigenvalue weighted by Crippen LogP contribution is -2.18. The van der Waals surface area contributed by atoms with Crippen LogP contribution in [0.4, 0.5) is 5.69 Å². The standard InChI is InChI=1S/C12H19BrN2/c1-8-5-12(15(3)4)11(13)7-10(8)6-9(2)14/h5,7,9H,6,14H2,1-4H3. The number of aryl methyl sites for hydroxylation is 1. The number of hydrogen-bond donors (Lipinski definition) is 1. The lowest BCUT2D eigenvalue weighted by Gasteiger charge is -2.18. The molecule has 2 nitrogen and oxygen atoms in total. The molecule has 0 aliphatic rings. The van der Waals surface area contributed by atoms with Gasteiger partial charge in [0.1, 0.15) is 0 Å². The minimum absolute atomic E-state index is 0.209. The summed E-state index contributed by atoms with van der Waals surface area (Å²) in [6.45, 7) is 4.17. The number of benzene rings is 1. The predicted octanol–water partition coefficient (Wildman–Crippen LogP) is 2.71. The highest BCUT2D eigenvalue weighted by molar-refractivity contribution is 9.10. The van der Waals surface area contributed by atoms with E-state index in [2.05, 4.69) is 39.9 Å². The van der Waals surface area contributed by atoms with Crippen molar-refractivity contribution in [3.63, 3.8) is 0 Å². The largest absolute Gasteiger partial charge is 0.377 e. The highest BCUT2D eigenvalue weighted by Crippen LogP contribution is 2.28. The first-order valence-corrected chi connectivity index (χ1v) is 5.93. The Morgan fingerprint density at radius 1 is 1.40 bits per heavy atom. The number of anilines is 1. The maximum atomic E-state index is 5.82. The molecule has 1 atom stereocenters. The van der Waals surface area contributed by atoms with Crippen LogP contribution in [0.1, 0.15) is 18.1 Å². The van der Waals surface area contributed by atoms with Gasteiger partial charge in [-0.05, 0) is 59.5 Å². The van der Waals surface area contributed by atoms with Crippen LogP contribution in [-0.2, 0) is 6.42 Å². The molecule has 0 aliphatic heterocycles. The zero-order valence-corrected chi connectivity index (χ0v) is 11.4. The maximum Gasteiger partial charge on any atom is 0.0508 e. The van der Waals surface area contributed by atoms with Crippen molar-refractivity contribution in [1.29, 1.82) is 0 Å². The Bertz CT molecular complexity index is 346. The Morgan fingerprint density at radius 2 is 2.00 bits per heavy atom. The Kier molecular flexibility index (Phi) is 4.17. The second-order valence-electron chi connectivity index (χ2n) is 4.31. The molecule has 0 heterocycles. The van der Waals surface area contributed by atoms with Crippen LogP contribution in [0, 0.1) is 6.92 Å². The van der Waals surface area contributed by atoms with Crippen molar-refractivity contribution >= 4 is 21.6 Å². The van der Waals surface area contributed by atoms with E-state index in [4.69, 9.17) is 5.73 Å². The van der Waals surface area contributed by atoms with Gasteiger partial charge in [0.15, 0.2) is 0 Å². The molecule has 0 bridgehead atoms. The zero-order valence-electron chi connectivity index (χ0n) is 9.84. The normalized spacial score (nSPS) is 12.7. The van der Waals surface area contributed by atoms with Crippen molar-refractivity contribution in [2.45, 2.75) is 26.3 Å². The summed E-state index contributed by atoms with van der Waals surface area (Å²) in [6.07, 6.45) is 0.929. The molecule has 0 saturated heterocycles. The molecule has 0 fully saturated rings. The van der Waals surface area contributed by atoms with Crippen molar-refractivity contribution in [2.75, 3.05) is 19.0 Å². The van der Waals surface area contributed by atoms with Gasteiger partial charge in [-0.3, -0.25) is 0 Å². The molecule has 0 radical (unpaired) electrons. The van der Waals surface area contributed by atoms with Crippen LogP contribution in [0.5, 0.6) is 0 Å². The van der Waals surface area contributed by atoms with Gasteiger partial charge >= 0.3 is 0 Å². The molecule has 1 aromatic carbocycles. The van der Waals surface area contributed by atoms with E-state index in [0.717, 1.165) is 10.9 Å². The summed E-state index contributed by atoms with van der Waals surface area (Å²) in [5.41, 5.74) is 9.65. The molecule has 0 amide bonds. The van der Waals surface area contributed by atoms with Gasteiger partial charge in [0.25, 0.3) is 0 Å². The van der Waals surface area contributed by atoms with E-state index in [1.165, 1.54) is 16.8 Å². The second-order valence-corrected chi connectivity index (χ2v) is 5.16. The van der Waals surface area contributed by atoms with Crippen LogP contribution in [0.25, 0.3) is 0 Å². The third kappa shape index (κ3) is 3.21. The van der Waals surface area contributed by atoms with Gasteiger partial charge in [0.2, 0.25) is 0 Å². The summed E-state index contributed by atoms with van der Waals surface area (Å²) in [4.78, 5) is 2.10. The average Bonchev–Trinajstić information content (AvgIpc) is 2.09. The number of nitrogens with two attached hydrogens (primary N) is 1. The van der Waals surface area contributed by atoms with Crippen LogP contribution in [0.3, 0.4) is 0 Å². The van der Waals surface area contributed by atoms with Gasteiger partial charge in [-0.15, -0.1) is 0 Å². The van der Waals surface area contributed by atoms with Crippen LogP contribution >= 0.6 is 15.9 Å². The smallest absolute Gasteiger partial charge is 0.0508 e. The van der Waals surface area contributed by atoms with Gasteiger partial charge in [0.05, 0.1) is 5.69 Å². The van der Waals surface area contributed by atoms with E-state index in [1.807, 2.05) is 21.0 Å². The number of nitrogens with zero attached hydrogens (tertiary/aromatic N) is 1. The lowest BCUT2D eigenvalue weighted by molar-refractivity contribution is 0.734. The molecule has 0 saturated carbocycles. The number of halogens is 1. The van der Waals surface area contributed by atoms with Gasteiger partial charge in [-0.1, -0.05) is 0 Å². The monoisotopic (exact) mass is 270 g/mol. The molecule has 15 heavy (non-hydrogen) atoms. The van der Waals surface area contributed by atoms with Crippen molar-refractivity contribution in [3.8, 4) is 0 Å². The van der Waals surface area contributed by atoms with Crippen LogP contribution in [0.2, 0.25) is 0 Å². The van der Waals surface area contributed by atoms with Crippen LogP contribution < -0.4 is 10.6 Å². The molecular weight excluding hydrogens is 252 g/mol. The number of rotatable bonds is 3. The molecule has 0 spiro atoms. The SMILES string of the molecule is Cc1cc(N(C)C)c(Br)cc1CC(C)N. The van der Waals surface area contributed by atoms with Gasteiger partial charge in [0, 0.05) is 24.6 Å². The van der Waals surface area contributed by atoms with Crippen LogP contribution in [-0.4, -0.2) is 20.1 Å². The lowest BCUT2D eigenvalue weighted by atomic mass is 10.0. The summed E-state index contributed by atoms with van der Waals surface area (Å²) >= 11 is 3.59. The summed E-state index contributed by atoms with van der Waals surface area (Å²) in [5, 5.41) is 0. The van der Waals surface area contributed by atoms with Gasteiger partial charge in [-0.25, -0.2) is 0 Å². The quantitative estimate of drug-likeness (QED) is 0.915. The second kappa shape index (κ2) is 4.99. The fourth-order valence-corrected chi connectivity index (χ4v) is 2.36. The van der Waals surface area contributed by atoms with E-state index >= 15 is 0 Å². The van der Waals surface area contributed by atoms with Crippen molar-refractivity contribution in [1.82, 2.24) is 0 Å². The minimum atomic E-state index is 0.209. The third-order valence-electron chi connectivity index (χ3n) is 2.43. The summed E-state index contributed by atoms with van der Waals surface area (Å²) in [5.74, 6) is 0. The molecular formula is C12H19BrN2. The highest BCUT2D eigenvalue weighted by atomic mass is 79.9. The highest BCUT2D eigenvalue weighted by Gasteiger charge is 2.08. The first-order valence-electron chi connectivity index (χ1n) is 5.13. The van der Waals surface area contributed by atoms with E-state index in [1.54, 1.807) is 0 Å². The van der Waals surface area contributed by atoms with Crippen LogP contribution in [0.15, 0.2) is 16.6 Å². The molecule has 0 aromatic heterocycles. The third-order valence-corrected chi connectivity index (χ3v) is 3.06.